The first-order chi connectivity index (χ1) is 6.76. The van der Waals surface area contributed by atoms with Gasteiger partial charge in [-0.05, 0) is 0 Å². The van der Waals surface area contributed by atoms with Crippen molar-refractivity contribution in [3.8, 4) is 0 Å². The molecule has 0 radical (unpaired) electrons. The zero-order chi connectivity index (χ0) is 13.4. The highest BCUT2D eigenvalue weighted by Crippen LogP contribution is 2.37. The third kappa shape index (κ3) is 4.49. The first kappa shape index (κ1) is 15.4. The topological polar surface area (TPSA) is 26.3 Å². The summed E-state index contributed by atoms with van der Waals surface area (Å²) in [7, 11) is 0. The Bertz CT molecular complexity index is 249. The first-order valence-electron chi connectivity index (χ1n) is 3.17. The summed E-state index contributed by atoms with van der Waals surface area (Å²) in [6.07, 6.45) is -16.6. The summed E-state index contributed by atoms with van der Waals surface area (Å²) in [4.78, 5) is 5.53. The molecule has 11 heteroatoms. The molecule has 96 valence electrons. The van der Waals surface area contributed by atoms with Gasteiger partial charge in [0.2, 0.25) is 0 Å². The summed E-state index contributed by atoms with van der Waals surface area (Å²) in [5.41, 5.74) is 0. The molecule has 0 unspecified atom stereocenters. The van der Waals surface area contributed by atoms with E-state index in [1.165, 1.54) is 15.9 Å². The Morgan fingerprint density at radius 1 is 0.938 bits per heavy atom. The van der Waals surface area contributed by atoms with E-state index in [0.717, 1.165) is 0 Å². The van der Waals surface area contributed by atoms with Gasteiger partial charge in [-0.1, -0.05) is 0 Å². The van der Waals surface area contributed by atoms with Crippen molar-refractivity contribution in [2.24, 2.45) is 0 Å². The van der Waals surface area contributed by atoms with Gasteiger partial charge in [-0.25, -0.2) is 4.79 Å². The lowest BCUT2D eigenvalue weighted by atomic mass is 10.3. The van der Waals surface area contributed by atoms with Crippen molar-refractivity contribution in [3.05, 3.63) is 0 Å². The first-order valence-corrected chi connectivity index (χ1v) is 3.97. The summed E-state index contributed by atoms with van der Waals surface area (Å²) in [5, 5.41) is 0. The highest BCUT2D eigenvalue weighted by atomic mass is 79.9. The van der Waals surface area contributed by atoms with Gasteiger partial charge in [0, 0.05) is 15.9 Å². The number of ether oxygens (including phenoxy) is 1. The Balaban J connectivity index is 4.93. The molecule has 0 rings (SSSR count). The fourth-order valence-electron chi connectivity index (χ4n) is 0.493. The number of carbonyl (C=O) groups excluding carboxylic acids is 1. The zero-order valence-corrected chi connectivity index (χ0v) is 8.38. The fourth-order valence-corrected chi connectivity index (χ4v) is 0.587. The maximum absolute atomic E-state index is 12.0. The minimum absolute atomic E-state index is 1.26. The number of esters is 1. The van der Waals surface area contributed by atoms with Crippen molar-refractivity contribution in [2.75, 3.05) is 0 Å². The van der Waals surface area contributed by atoms with Crippen LogP contribution in [-0.2, 0) is 9.53 Å². The number of hydrogen-bond donors (Lipinski definition) is 0. The van der Waals surface area contributed by atoms with Crippen molar-refractivity contribution < 1.29 is 44.7 Å². The van der Waals surface area contributed by atoms with Crippen LogP contribution in [0.5, 0.6) is 0 Å². The Labute approximate surface area is 90.7 Å². The average Bonchev–Trinajstić information content (AvgIpc) is 1.92. The Hall–Kier alpha value is -0.610. The zero-order valence-electron chi connectivity index (χ0n) is 6.80. The number of alkyl halides is 9. The molecule has 0 aliphatic rings. The van der Waals surface area contributed by atoms with E-state index >= 15 is 0 Å². The minimum atomic E-state index is -6.02. The van der Waals surface area contributed by atoms with E-state index in [-0.39, 0.29) is 0 Å². The Morgan fingerprint density at radius 3 is 1.44 bits per heavy atom. The molecular weight excluding hydrogens is 324 g/mol. The molecule has 0 saturated heterocycles. The van der Waals surface area contributed by atoms with Crippen LogP contribution in [0.4, 0.5) is 35.1 Å². The molecule has 0 heterocycles. The maximum Gasteiger partial charge on any atom is 0.434 e. The van der Waals surface area contributed by atoms with Gasteiger partial charge in [0.15, 0.2) is 0 Å². The third-order valence-corrected chi connectivity index (χ3v) is 1.37. The molecule has 0 atom stereocenters. The van der Waals surface area contributed by atoms with Crippen molar-refractivity contribution in [1.29, 1.82) is 0 Å². The van der Waals surface area contributed by atoms with Gasteiger partial charge < -0.3 is 4.74 Å². The molecule has 16 heavy (non-hydrogen) atoms. The van der Waals surface area contributed by atoms with Gasteiger partial charge >= 0.3 is 23.2 Å². The van der Waals surface area contributed by atoms with Crippen LogP contribution in [0.1, 0.15) is 0 Å². The molecule has 0 saturated carbocycles. The predicted molar refractivity (Wildman–Crippen MR) is 35.9 cm³/mol. The van der Waals surface area contributed by atoms with Crippen molar-refractivity contribution >= 4 is 21.9 Å². The Morgan fingerprint density at radius 2 is 1.25 bits per heavy atom. The van der Waals surface area contributed by atoms with Crippen LogP contribution in [-0.4, -0.2) is 29.3 Å². The number of carbonyl (C=O) groups is 1. The number of hydrogen-bond acceptors (Lipinski definition) is 2. The van der Waals surface area contributed by atoms with E-state index in [2.05, 4.69) is 4.74 Å². The van der Waals surface area contributed by atoms with Gasteiger partial charge in [-0.15, -0.1) is 0 Å². The van der Waals surface area contributed by atoms with Crippen LogP contribution < -0.4 is 0 Å². The molecule has 0 aromatic heterocycles. The van der Waals surface area contributed by atoms with Crippen molar-refractivity contribution in [2.45, 2.75) is 23.3 Å². The van der Waals surface area contributed by atoms with Gasteiger partial charge in [-0.3, -0.25) is 0 Å². The average molecular weight is 325 g/mol. The second kappa shape index (κ2) is 4.34. The van der Waals surface area contributed by atoms with Crippen LogP contribution in [0, 0.1) is 0 Å². The highest BCUT2D eigenvalue weighted by Gasteiger charge is 2.61. The van der Waals surface area contributed by atoms with Gasteiger partial charge in [0.05, 0.1) is 0 Å². The van der Waals surface area contributed by atoms with E-state index in [1.807, 2.05) is 0 Å². The third-order valence-electron chi connectivity index (χ3n) is 1.05. The SMILES string of the molecule is O=C(OC(C(F)(F)F)C(F)(F)F)C(F)(F)Br. The molecule has 0 aromatic rings. The molecule has 0 amide bonds. The summed E-state index contributed by atoms with van der Waals surface area (Å²) in [5.74, 6) is -2.98. The van der Waals surface area contributed by atoms with Crippen LogP contribution in [0.25, 0.3) is 0 Å². The van der Waals surface area contributed by atoms with E-state index in [0.29, 0.717) is 0 Å². The largest absolute Gasteiger partial charge is 0.438 e. The molecule has 0 aliphatic heterocycles. The number of rotatable bonds is 2. The maximum atomic E-state index is 12.0. The van der Waals surface area contributed by atoms with E-state index in [9.17, 15) is 39.9 Å². The molecular formula is C5HBrF8O2. The van der Waals surface area contributed by atoms with Crippen LogP contribution >= 0.6 is 15.9 Å². The number of halogens is 9. The van der Waals surface area contributed by atoms with Crippen molar-refractivity contribution in [3.63, 3.8) is 0 Å². The van der Waals surface area contributed by atoms with E-state index in [1.54, 1.807) is 0 Å². The standard InChI is InChI=1S/C5HBrF8O2/c6-3(7,8)2(15)16-1(4(9,10)11)5(12,13)14/h1H. The monoisotopic (exact) mass is 324 g/mol. The summed E-state index contributed by atoms with van der Waals surface area (Å²) in [6.45, 7) is 0. The van der Waals surface area contributed by atoms with Crippen LogP contribution in [0.15, 0.2) is 0 Å². The quantitative estimate of drug-likeness (QED) is 0.443. The van der Waals surface area contributed by atoms with Gasteiger partial charge in [0.1, 0.15) is 0 Å². The van der Waals surface area contributed by atoms with Crippen LogP contribution in [0.2, 0.25) is 0 Å². The molecule has 0 fully saturated rings. The second-order valence-electron chi connectivity index (χ2n) is 2.37. The molecule has 0 bridgehead atoms. The van der Waals surface area contributed by atoms with E-state index < -0.39 is 29.3 Å². The smallest absolute Gasteiger partial charge is 0.434 e. The lowest BCUT2D eigenvalue weighted by molar-refractivity contribution is -0.315. The second-order valence-corrected chi connectivity index (χ2v) is 3.36. The summed E-state index contributed by atoms with van der Waals surface area (Å²) in [6, 6.07) is 0. The Kier molecular flexibility index (Phi) is 4.17. The molecule has 0 N–H and O–H groups in total. The molecule has 0 aromatic carbocycles. The van der Waals surface area contributed by atoms with Crippen molar-refractivity contribution in [1.82, 2.24) is 0 Å². The lowest BCUT2D eigenvalue weighted by Crippen LogP contribution is -2.47. The van der Waals surface area contributed by atoms with Gasteiger partial charge in [0.25, 0.3) is 6.10 Å². The summed E-state index contributed by atoms with van der Waals surface area (Å²) >= 11 is 1.26. The van der Waals surface area contributed by atoms with E-state index in [4.69, 9.17) is 0 Å². The normalized spacial score (nSPS) is 14.1. The van der Waals surface area contributed by atoms with Crippen LogP contribution in [0.3, 0.4) is 0 Å². The van der Waals surface area contributed by atoms with Gasteiger partial charge in [-0.2, -0.15) is 35.1 Å². The molecule has 0 aliphatic carbocycles. The predicted octanol–water partition coefficient (Wildman–Crippen LogP) is 3.01. The summed E-state index contributed by atoms with van der Waals surface area (Å²) < 4.78 is 96.8. The molecule has 0 spiro atoms. The minimum Gasteiger partial charge on any atom is -0.438 e. The molecule has 2 nitrogen and oxygen atoms in total. The highest BCUT2D eigenvalue weighted by molar-refractivity contribution is 9.10. The fraction of sp³-hybridized carbons (Fsp3) is 0.800. The lowest BCUT2D eigenvalue weighted by Gasteiger charge is -2.23.